The van der Waals surface area contributed by atoms with E-state index in [9.17, 15) is 17.6 Å². The molecule has 0 aliphatic heterocycles. The van der Waals surface area contributed by atoms with Crippen molar-refractivity contribution in [2.45, 2.75) is 45.1 Å². The molecule has 0 heterocycles. The average molecular weight is 336 g/mol. The average Bonchev–Trinajstić information content (AvgIpc) is 2.36. The van der Waals surface area contributed by atoms with Gasteiger partial charge in [0.05, 0.1) is 10.5 Å². The van der Waals surface area contributed by atoms with Gasteiger partial charge in [0.1, 0.15) is 5.82 Å². The Kier molecular flexibility index (Phi) is 5.75. The van der Waals surface area contributed by atoms with Gasteiger partial charge in [-0.25, -0.2) is 12.8 Å². The SMILES string of the molecule is CCCN(C(=O)c1cc(S(=O)(=O)Cl)cc(C)c1F)C(C)C. The summed E-state index contributed by atoms with van der Waals surface area (Å²) in [6.07, 6.45) is 0.720. The van der Waals surface area contributed by atoms with Crippen molar-refractivity contribution in [2.75, 3.05) is 6.54 Å². The van der Waals surface area contributed by atoms with Gasteiger partial charge in [0.25, 0.3) is 15.0 Å². The van der Waals surface area contributed by atoms with Crippen LogP contribution >= 0.6 is 10.7 Å². The summed E-state index contributed by atoms with van der Waals surface area (Å²) in [6, 6.07) is 2.00. The molecule has 0 bridgehead atoms. The molecule has 1 aromatic carbocycles. The largest absolute Gasteiger partial charge is 0.336 e. The van der Waals surface area contributed by atoms with Crippen LogP contribution in [0.4, 0.5) is 4.39 Å². The van der Waals surface area contributed by atoms with Gasteiger partial charge in [0.2, 0.25) is 0 Å². The molecule has 0 aliphatic rings. The summed E-state index contributed by atoms with van der Waals surface area (Å²) in [7, 11) is 1.27. The molecule has 1 aromatic rings. The summed E-state index contributed by atoms with van der Waals surface area (Å²) >= 11 is 0. The summed E-state index contributed by atoms with van der Waals surface area (Å²) in [5.41, 5.74) is -0.198. The molecule has 0 saturated heterocycles. The number of benzene rings is 1. The first-order chi connectivity index (χ1) is 9.59. The van der Waals surface area contributed by atoms with Crippen molar-refractivity contribution in [3.05, 3.63) is 29.1 Å². The van der Waals surface area contributed by atoms with Crippen molar-refractivity contribution in [3.8, 4) is 0 Å². The van der Waals surface area contributed by atoms with Gasteiger partial charge in [-0.1, -0.05) is 6.92 Å². The molecule has 0 radical (unpaired) electrons. The molecule has 0 saturated carbocycles. The number of halogens is 2. The van der Waals surface area contributed by atoms with Crippen molar-refractivity contribution in [1.29, 1.82) is 0 Å². The smallest absolute Gasteiger partial charge is 0.261 e. The van der Waals surface area contributed by atoms with Crippen LogP contribution in [-0.2, 0) is 9.05 Å². The van der Waals surface area contributed by atoms with Crippen LogP contribution in [0.25, 0.3) is 0 Å². The third-order valence-corrected chi connectivity index (χ3v) is 4.42. The van der Waals surface area contributed by atoms with Crippen molar-refractivity contribution in [2.24, 2.45) is 0 Å². The van der Waals surface area contributed by atoms with E-state index >= 15 is 0 Å². The highest BCUT2D eigenvalue weighted by molar-refractivity contribution is 8.13. The zero-order valence-electron chi connectivity index (χ0n) is 12.5. The lowest BCUT2D eigenvalue weighted by Gasteiger charge is -2.26. The first kappa shape index (κ1) is 17.9. The molecule has 0 N–H and O–H groups in total. The lowest BCUT2D eigenvalue weighted by Crippen LogP contribution is -2.38. The standard InChI is InChI=1S/C14H19ClFNO3S/c1-5-6-17(9(2)3)14(18)12-8-11(21(15,19)20)7-10(4)13(12)16/h7-9H,5-6H2,1-4H3. The maximum absolute atomic E-state index is 14.2. The van der Waals surface area contributed by atoms with Gasteiger partial charge < -0.3 is 4.90 Å². The van der Waals surface area contributed by atoms with Gasteiger partial charge in [0.15, 0.2) is 0 Å². The number of carbonyl (C=O) groups is 1. The molecule has 21 heavy (non-hydrogen) atoms. The van der Waals surface area contributed by atoms with Gasteiger partial charge in [-0.3, -0.25) is 4.79 Å². The van der Waals surface area contributed by atoms with Crippen LogP contribution in [0.2, 0.25) is 0 Å². The second kappa shape index (κ2) is 6.75. The van der Waals surface area contributed by atoms with Crippen molar-refractivity contribution in [3.63, 3.8) is 0 Å². The van der Waals surface area contributed by atoms with E-state index in [1.165, 1.54) is 11.8 Å². The lowest BCUT2D eigenvalue weighted by atomic mass is 10.1. The fourth-order valence-corrected chi connectivity index (χ4v) is 2.87. The zero-order valence-corrected chi connectivity index (χ0v) is 14.1. The quantitative estimate of drug-likeness (QED) is 0.776. The Hall–Kier alpha value is -1.14. The maximum atomic E-state index is 14.2. The highest BCUT2D eigenvalue weighted by Gasteiger charge is 2.25. The molecular formula is C14H19ClFNO3S. The highest BCUT2D eigenvalue weighted by atomic mass is 35.7. The summed E-state index contributed by atoms with van der Waals surface area (Å²) in [5, 5.41) is 0. The van der Waals surface area contributed by atoms with Crippen LogP contribution in [0.5, 0.6) is 0 Å². The van der Waals surface area contributed by atoms with Crippen LogP contribution in [0, 0.1) is 12.7 Å². The number of aryl methyl sites for hydroxylation is 1. The number of rotatable bonds is 5. The van der Waals surface area contributed by atoms with E-state index < -0.39 is 20.8 Å². The predicted octanol–water partition coefficient (Wildman–Crippen LogP) is 3.32. The van der Waals surface area contributed by atoms with E-state index in [1.807, 2.05) is 20.8 Å². The predicted molar refractivity (Wildman–Crippen MR) is 80.6 cm³/mol. The van der Waals surface area contributed by atoms with Crippen LogP contribution in [-0.4, -0.2) is 31.8 Å². The Morgan fingerprint density at radius 2 is 1.95 bits per heavy atom. The summed E-state index contributed by atoms with van der Waals surface area (Å²) in [4.78, 5) is 13.7. The van der Waals surface area contributed by atoms with Crippen LogP contribution < -0.4 is 0 Å². The van der Waals surface area contributed by atoms with Crippen LogP contribution in [0.1, 0.15) is 43.1 Å². The molecule has 118 valence electrons. The van der Waals surface area contributed by atoms with Gasteiger partial charge in [-0.05, 0) is 44.9 Å². The zero-order chi connectivity index (χ0) is 16.4. The van der Waals surface area contributed by atoms with Gasteiger partial charge in [0, 0.05) is 23.3 Å². The number of hydrogen-bond donors (Lipinski definition) is 0. The third kappa shape index (κ3) is 4.17. The molecule has 0 atom stereocenters. The third-order valence-electron chi connectivity index (χ3n) is 3.09. The Balaban J connectivity index is 3.41. The molecule has 1 amide bonds. The van der Waals surface area contributed by atoms with Gasteiger partial charge in [-0.15, -0.1) is 0 Å². The summed E-state index contributed by atoms with van der Waals surface area (Å²) in [5.74, 6) is -1.25. The molecule has 4 nitrogen and oxygen atoms in total. The fourth-order valence-electron chi connectivity index (χ4n) is 2.02. The lowest BCUT2D eigenvalue weighted by molar-refractivity contribution is 0.0700. The number of nitrogens with zero attached hydrogens (tertiary/aromatic N) is 1. The minimum Gasteiger partial charge on any atom is -0.336 e. The highest BCUT2D eigenvalue weighted by Crippen LogP contribution is 2.23. The summed E-state index contributed by atoms with van der Waals surface area (Å²) < 4.78 is 37.0. The van der Waals surface area contributed by atoms with Gasteiger partial charge in [-0.2, -0.15) is 0 Å². The Labute approximate surface area is 129 Å². The van der Waals surface area contributed by atoms with Crippen LogP contribution in [0.3, 0.4) is 0 Å². The Morgan fingerprint density at radius 3 is 2.38 bits per heavy atom. The number of carbonyl (C=O) groups excluding carboxylic acids is 1. The molecule has 0 aliphatic carbocycles. The molecular weight excluding hydrogens is 317 g/mol. The number of hydrogen-bond acceptors (Lipinski definition) is 3. The Bertz CT molecular complexity index is 644. The molecule has 0 fully saturated rings. The second-order valence-corrected chi connectivity index (χ2v) is 7.70. The van der Waals surface area contributed by atoms with E-state index in [0.717, 1.165) is 18.6 Å². The number of amides is 1. The van der Waals surface area contributed by atoms with Crippen LogP contribution in [0.15, 0.2) is 17.0 Å². The first-order valence-electron chi connectivity index (χ1n) is 6.65. The van der Waals surface area contributed by atoms with Crippen molar-refractivity contribution >= 4 is 25.6 Å². The van der Waals surface area contributed by atoms with E-state index in [1.54, 1.807) is 0 Å². The molecule has 0 spiro atoms. The molecule has 0 unspecified atom stereocenters. The Morgan fingerprint density at radius 1 is 1.38 bits per heavy atom. The van der Waals surface area contributed by atoms with E-state index in [4.69, 9.17) is 10.7 Å². The van der Waals surface area contributed by atoms with E-state index in [-0.39, 0.29) is 22.1 Å². The molecule has 0 aromatic heterocycles. The fraction of sp³-hybridized carbons (Fsp3) is 0.500. The normalized spacial score (nSPS) is 11.8. The monoisotopic (exact) mass is 335 g/mol. The minimum absolute atomic E-state index is 0.0697. The second-order valence-electron chi connectivity index (χ2n) is 5.13. The van der Waals surface area contributed by atoms with Crippen molar-refractivity contribution in [1.82, 2.24) is 4.90 Å². The maximum Gasteiger partial charge on any atom is 0.261 e. The minimum atomic E-state index is -4.02. The van der Waals surface area contributed by atoms with E-state index in [2.05, 4.69) is 0 Å². The molecule has 1 rings (SSSR count). The molecule has 7 heteroatoms. The topological polar surface area (TPSA) is 54.5 Å². The van der Waals surface area contributed by atoms with Gasteiger partial charge >= 0.3 is 0 Å². The van der Waals surface area contributed by atoms with E-state index in [0.29, 0.717) is 6.54 Å². The van der Waals surface area contributed by atoms with Crippen molar-refractivity contribution < 1.29 is 17.6 Å². The first-order valence-corrected chi connectivity index (χ1v) is 8.96. The summed E-state index contributed by atoms with van der Waals surface area (Å²) in [6.45, 7) is 7.41.